The smallest absolute Gasteiger partial charge is 0.306 e. The topological polar surface area (TPSA) is 107 Å². The zero-order valence-electron chi connectivity index (χ0n) is 18.2. The van der Waals surface area contributed by atoms with E-state index in [0.717, 1.165) is 16.3 Å². The first-order valence-corrected chi connectivity index (χ1v) is 11.4. The van der Waals surface area contributed by atoms with Gasteiger partial charge in [-0.1, -0.05) is 6.07 Å². The number of urea groups is 1. The van der Waals surface area contributed by atoms with Gasteiger partial charge in [-0.3, -0.25) is 9.88 Å². The van der Waals surface area contributed by atoms with Gasteiger partial charge in [0.2, 0.25) is 0 Å². The minimum Gasteiger partial charge on any atom is -0.306 e. The molecule has 2 amide bonds. The zero-order valence-corrected chi connectivity index (χ0v) is 19.0. The van der Waals surface area contributed by atoms with Crippen molar-refractivity contribution in [3.05, 3.63) is 53.6 Å². The van der Waals surface area contributed by atoms with E-state index in [0.29, 0.717) is 25.3 Å². The number of benzene rings is 1. The van der Waals surface area contributed by atoms with Gasteiger partial charge in [0.05, 0.1) is 17.6 Å². The number of pyridine rings is 1. The number of aromatic nitrogens is 1. The molecule has 2 heterocycles. The largest absolute Gasteiger partial charge is 0.354 e. The van der Waals surface area contributed by atoms with E-state index in [-0.39, 0.29) is 18.8 Å². The second-order valence-corrected chi connectivity index (χ2v) is 9.12. The summed E-state index contributed by atoms with van der Waals surface area (Å²) in [6.45, 7) is 3.89. The number of carbonyl (C=O) groups is 1. The number of aryl methyl sites for hydroxylation is 1. The Bertz CT molecular complexity index is 1040. The third-order valence-corrected chi connectivity index (χ3v) is 6.23. The summed E-state index contributed by atoms with van der Waals surface area (Å²) in [5.41, 5.74) is 2.16. The van der Waals surface area contributed by atoms with Gasteiger partial charge in [-0.2, -0.15) is 22.1 Å². The van der Waals surface area contributed by atoms with E-state index in [4.69, 9.17) is 4.28 Å². The van der Waals surface area contributed by atoms with Crippen LogP contribution in [0.25, 0.3) is 0 Å². The van der Waals surface area contributed by atoms with E-state index in [2.05, 4.69) is 20.5 Å². The van der Waals surface area contributed by atoms with Gasteiger partial charge < -0.3 is 10.6 Å². The van der Waals surface area contributed by atoms with Crippen LogP contribution in [0.5, 0.6) is 0 Å². The number of rotatable bonds is 7. The van der Waals surface area contributed by atoms with Crippen LogP contribution in [-0.2, 0) is 21.1 Å². The highest BCUT2D eigenvalue weighted by Gasteiger charge is 2.28. The predicted molar refractivity (Wildman–Crippen MR) is 119 cm³/mol. The number of hydrogen-bond acceptors (Lipinski definition) is 7. The van der Waals surface area contributed by atoms with E-state index in [9.17, 15) is 17.6 Å². The van der Waals surface area contributed by atoms with Crippen LogP contribution in [0.15, 0.2) is 36.5 Å². The number of nitrogens with zero attached hydrogens (tertiary/aromatic N) is 4. The Hall–Kier alpha value is -2.64. The average molecular weight is 467 g/mol. The van der Waals surface area contributed by atoms with Crippen molar-refractivity contribution in [3.63, 3.8) is 0 Å². The van der Waals surface area contributed by atoms with Crippen LogP contribution in [0.3, 0.4) is 0 Å². The predicted octanol–water partition coefficient (Wildman–Crippen LogP) is 2.03. The normalized spacial score (nSPS) is 15.7. The Morgan fingerprint density at radius 2 is 1.88 bits per heavy atom. The maximum Gasteiger partial charge on any atom is 0.354 e. The lowest BCUT2D eigenvalue weighted by molar-refractivity contribution is -0.00728. The number of anilines is 2. The van der Waals surface area contributed by atoms with Crippen molar-refractivity contribution < 1.29 is 21.9 Å². The lowest BCUT2D eigenvalue weighted by Crippen LogP contribution is -2.49. The summed E-state index contributed by atoms with van der Waals surface area (Å²) in [6.07, 6.45) is 1.52. The second-order valence-electron chi connectivity index (χ2n) is 7.60. The van der Waals surface area contributed by atoms with Crippen LogP contribution in [0.1, 0.15) is 11.3 Å². The molecule has 1 aromatic carbocycles. The van der Waals surface area contributed by atoms with Gasteiger partial charge in [0.1, 0.15) is 5.82 Å². The number of amides is 2. The molecular weight excluding hydrogens is 439 g/mol. The molecule has 2 N–H and O–H groups in total. The molecule has 32 heavy (non-hydrogen) atoms. The van der Waals surface area contributed by atoms with E-state index in [1.165, 1.54) is 30.7 Å². The molecule has 0 saturated carbocycles. The molecule has 1 saturated heterocycles. The molecule has 0 radical (unpaired) electrons. The van der Waals surface area contributed by atoms with Gasteiger partial charge >= 0.3 is 16.3 Å². The highest BCUT2D eigenvalue weighted by Crippen LogP contribution is 2.19. The molecule has 0 spiro atoms. The highest BCUT2D eigenvalue weighted by molar-refractivity contribution is 7.84. The Morgan fingerprint density at radius 3 is 2.50 bits per heavy atom. The second kappa shape index (κ2) is 10.3. The number of piperazine rings is 1. The van der Waals surface area contributed by atoms with Crippen LogP contribution >= 0.6 is 0 Å². The minimum atomic E-state index is -3.81. The quantitative estimate of drug-likeness (QED) is 0.601. The van der Waals surface area contributed by atoms with Crippen LogP contribution in [0.2, 0.25) is 0 Å². The molecule has 10 nitrogen and oxygen atoms in total. The monoisotopic (exact) mass is 466 g/mol. The fourth-order valence-corrected chi connectivity index (χ4v) is 4.28. The maximum absolute atomic E-state index is 14.2. The number of carbonyl (C=O) groups excluding carboxylic acids is 1. The molecule has 0 bridgehead atoms. The van der Waals surface area contributed by atoms with Crippen molar-refractivity contribution in [2.75, 3.05) is 50.9 Å². The molecule has 1 aliphatic heterocycles. The summed E-state index contributed by atoms with van der Waals surface area (Å²) >= 11 is 0. The molecule has 174 valence electrons. The molecule has 3 rings (SSSR count). The van der Waals surface area contributed by atoms with E-state index in [1.54, 1.807) is 24.3 Å². The number of hydrogen-bond donors (Lipinski definition) is 2. The summed E-state index contributed by atoms with van der Waals surface area (Å²) in [6, 6.07) is 7.39. The summed E-state index contributed by atoms with van der Waals surface area (Å²) < 4.78 is 44.7. The van der Waals surface area contributed by atoms with Crippen molar-refractivity contribution in [3.8, 4) is 0 Å². The Labute approximate surface area is 187 Å². The number of halogens is 1. The van der Waals surface area contributed by atoms with Crippen molar-refractivity contribution in [1.29, 1.82) is 0 Å². The number of hydroxylamine groups is 2. The highest BCUT2D eigenvalue weighted by atomic mass is 32.2. The van der Waals surface area contributed by atoms with Crippen LogP contribution in [0.4, 0.5) is 20.6 Å². The van der Waals surface area contributed by atoms with Gasteiger partial charge in [0, 0.05) is 52.5 Å². The average Bonchev–Trinajstić information content (AvgIpc) is 2.72. The Morgan fingerprint density at radius 1 is 1.16 bits per heavy atom. The maximum atomic E-state index is 14.2. The fourth-order valence-electron chi connectivity index (χ4n) is 3.20. The first-order valence-electron chi connectivity index (χ1n) is 10.0. The fraction of sp³-hybridized carbons (Fsp3) is 0.400. The van der Waals surface area contributed by atoms with Gasteiger partial charge in [-0.15, -0.1) is 0 Å². The van der Waals surface area contributed by atoms with E-state index in [1.807, 2.05) is 6.92 Å². The molecule has 12 heteroatoms. The van der Waals surface area contributed by atoms with Crippen molar-refractivity contribution in [2.45, 2.75) is 13.5 Å². The van der Waals surface area contributed by atoms with Crippen molar-refractivity contribution >= 4 is 27.7 Å². The Balaban J connectivity index is 1.57. The molecule has 2 aromatic rings. The summed E-state index contributed by atoms with van der Waals surface area (Å²) in [5, 5.41) is 6.27. The van der Waals surface area contributed by atoms with Crippen LogP contribution < -0.4 is 10.6 Å². The van der Waals surface area contributed by atoms with Crippen LogP contribution in [0, 0.1) is 12.7 Å². The summed E-state index contributed by atoms with van der Waals surface area (Å²) in [7, 11) is -0.797. The van der Waals surface area contributed by atoms with Crippen LogP contribution in [-0.4, -0.2) is 74.0 Å². The van der Waals surface area contributed by atoms with E-state index < -0.39 is 22.2 Å². The lowest BCUT2D eigenvalue weighted by Gasteiger charge is -2.33. The standard InChI is InChI=1S/C20H27FN6O4S/c1-15-4-6-17(13-22-15)23-20(28)24-19-12-16(5-7-18(19)21)14-26-8-10-27(11-9-26)32(29,30)31-25(2)3/h4-7,12-13H,8-11,14H2,1-3H3,(H2,23,24,28). The molecule has 1 aliphatic rings. The lowest BCUT2D eigenvalue weighted by atomic mass is 10.1. The van der Waals surface area contributed by atoms with E-state index >= 15 is 0 Å². The minimum absolute atomic E-state index is 0.0562. The molecule has 0 aliphatic carbocycles. The molecule has 0 unspecified atom stereocenters. The Kier molecular flexibility index (Phi) is 7.74. The van der Waals surface area contributed by atoms with Gasteiger partial charge in [0.25, 0.3) is 0 Å². The van der Waals surface area contributed by atoms with Crippen molar-refractivity contribution in [1.82, 2.24) is 19.3 Å². The molecule has 1 aromatic heterocycles. The van der Waals surface area contributed by atoms with Gasteiger partial charge in [0.15, 0.2) is 0 Å². The SMILES string of the molecule is Cc1ccc(NC(=O)Nc2cc(CN3CCN(S(=O)(=O)ON(C)C)CC3)ccc2F)cn1. The molecular formula is C20H27FN6O4S. The first-order chi connectivity index (χ1) is 15.1. The van der Waals surface area contributed by atoms with Gasteiger partial charge in [-0.05, 0) is 36.8 Å². The molecule has 1 fully saturated rings. The first kappa shape index (κ1) is 24.0. The third-order valence-electron chi connectivity index (χ3n) is 4.75. The molecule has 0 atom stereocenters. The zero-order chi connectivity index (χ0) is 23.3. The summed E-state index contributed by atoms with van der Waals surface area (Å²) in [4.78, 5) is 18.4. The van der Waals surface area contributed by atoms with Crippen molar-refractivity contribution in [2.24, 2.45) is 0 Å². The van der Waals surface area contributed by atoms with Gasteiger partial charge in [-0.25, -0.2) is 9.18 Å². The third kappa shape index (κ3) is 6.68. The number of nitrogens with one attached hydrogen (secondary N) is 2. The summed E-state index contributed by atoms with van der Waals surface area (Å²) in [5.74, 6) is -0.553.